The lowest BCUT2D eigenvalue weighted by molar-refractivity contribution is -0.151. The minimum Gasteiger partial charge on any atom is -0.481 e. The van der Waals surface area contributed by atoms with Crippen LogP contribution in [0.25, 0.3) is 0 Å². The van der Waals surface area contributed by atoms with Gasteiger partial charge in [0.1, 0.15) is 0 Å². The number of nitrogens with zero attached hydrogens (tertiary/aromatic N) is 2. The standard InChI is InChI=1S/C15H24N2O4/c1-16(2)8-10-7-11(18)9-17(10)14(19)12-5-3-4-6-13(12)15(20)21/h3-4,10-13,18H,5-9H2,1-2H3,(H,20,21)/t10?,11?,12-,13+/m1/s1. The first-order chi connectivity index (χ1) is 9.90. The summed E-state index contributed by atoms with van der Waals surface area (Å²) in [4.78, 5) is 27.8. The van der Waals surface area contributed by atoms with Crippen LogP contribution in [0.15, 0.2) is 12.2 Å². The number of aliphatic carboxylic acids is 1. The predicted molar refractivity (Wildman–Crippen MR) is 77.7 cm³/mol. The van der Waals surface area contributed by atoms with Gasteiger partial charge in [0.2, 0.25) is 5.91 Å². The summed E-state index contributed by atoms with van der Waals surface area (Å²) in [5.74, 6) is -2.21. The highest BCUT2D eigenvalue weighted by Gasteiger charge is 2.41. The number of carbonyl (C=O) groups excluding carboxylic acids is 1. The van der Waals surface area contributed by atoms with E-state index in [-0.39, 0.29) is 11.9 Å². The number of allylic oxidation sites excluding steroid dienone is 2. The fraction of sp³-hybridized carbons (Fsp3) is 0.733. The lowest BCUT2D eigenvalue weighted by Gasteiger charge is -2.33. The van der Waals surface area contributed by atoms with Crippen molar-refractivity contribution in [2.75, 3.05) is 27.2 Å². The Labute approximate surface area is 125 Å². The smallest absolute Gasteiger partial charge is 0.307 e. The van der Waals surface area contributed by atoms with Gasteiger partial charge in [0.25, 0.3) is 0 Å². The number of carbonyl (C=O) groups is 2. The molecular weight excluding hydrogens is 272 g/mol. The van der Waals surface area contributed by atoms with Gasteiger partial charge in [-0.05, 0) is 33.4 Å². The van der Waals surface area contributed by atoms with Crippen molar-refractivity contribution in [1.29, 1.82) is 0 Å². The molecule has 21 heavy (non-hydrogen) atoms. The first-order valence-electron chi connectivity index (χ1n) is 7.41. The molecule has 0 spiro atoms. The molecule has 2 aliphatic rings. The summed E-state index contributed by atoms with van der Waals surface area (Å²) in [5, 5.41) is 19.2. The van der Waals surface area contributed by atoms with Crippen molar-refractivity contribution >= 4 is 11.9 Å². The van der Waals surface area contributed by atoms with Gasteiger partial charge in [-0.3, -0.25) is 9.59 Å². The van der Waals surface area contributed by atoms with E-state index >= 15 is 0 Å². The molecule has 118 valence electrons. The van der Waals surface area contributed by atoms with Gasteiger partial charge < -0.3 is 20.0 Å². The minimum absolute atomic E-state index is 0.0390. The zero-order chi connectivity index (χ0) is 15.6. The Bertz CT molecular complexity index is 435. The molecule has 1 aliphatic carbocycles. The Kier molecular flexibility index (Phi) is 5.00. The van der Waals surface area contributed by atoms with Crippen LogP contribution in [0, 0.1) is 11.8 Å². The molecule has 0 bridgehead atoms. The predicted octanol–water partition coefficient (Wildman–Crippen LogP) is 0.177. The number of aliphatic hydroxyl groups excluding tert-OH is 1. The molecule has 6 heteroatoms. The summed E-state index contributed by atoms with van der Waals surface area (Å²) in [5.41, 5.74) is 0. The number of aliphatic hydroxyl groups is 1. The lowest BCUT2D eigenvalue weighted by Crippen LogP contribution is -2.47. The normalized spacial score (nSPS) is 32.7. The van der Waals surface area contributed by atoms with Crippen molar-refractivity contribution < 1.29 is 19.8 Å². The van der Waals surface area contributed by atoms with E-state index in [1.807, 2.05) is 31.1 Å². The fourth-order valence-electron chi connectivity index (χ4n) is 3.33. The number of likely N-dealkylation sites (tertiary alicyclic amines) is 1. The average molecular weight is 296 g/mol. The topological polar surface area (TPSA) is 81.1 Å². The Morgan fingerprint density at radius 3 is 2.43 bits per heavy atom. The third-order valence-electron chi connectivity index (χ3n) is 4.32. The van der Waals surface area contributed by atoms with Gasteiger partial charge in [-0.2, -0.15) is 0 Å². The maximum atomic E-state index is 12.8. The zero-order valence-electron chi connectivity index (χ0n) is 12.6. The maximum Gasteiger partial charge on any atom is 0.307 e. The van der Waals surface area contributed by atoms with Crippen LogP contribution in [-0.4, -0.2) is 71.2 Å². The molecule has 1 heterocycles. The highest BCUT2D eigenvalue weighted by molar-refractivity contribution is 5.85. The zero-order valence-corrected chi connectivity index (χ0v) is 12.6. The molecule has 2 N–H and O–H groups in total. The number of likely N-dealkylation sites (N-methyl/N-ethyl adjacent to an activating group) is 1. The van der Waals surface area contributed by atoms with E-state index in [4.69, 9.17) is 0 Å². The Hall–Kier alpha value is -1.40. The van der Waals surface area contributed by atoms with E-state index in [0.29, 0.717) is 32.4 Å². The number of hydrogen-bond donors (Lipinski definition) is 2. The van der Waals surface area contributed by atoms with Gasteiger partial charge in [-0.15, -0.1) is 0 Å². The van der Waals surface area contributed by atoms with Crippen LogP contribution >= 0.6 is 0 Å². The third-order valence-corrected chi connectivity index (χ3v) is 4.32. The SMILES string of the molecule is CN(C)CC1CC(O)CN1C(=O)[C@@H]1CC=CC[C@@H]1C(=O)O. The van der Waals surface area contributed by atoms with Crippen molar-refractivity contribution in [2.24, 2.45) is 11.8 Å². The summed E-state index contributed by atoms with van der Waals surface area (Å²) in [6, 6.07) is -0.0390. The first-order valence-corrected chi connectivity index (χ1v) is 7.41. The quantitative estimate of drug-likeness (QED) is 0.723. The number of β-amino-alcohol motifs (C(OH)–C–C–N with tert-alkyl or cyclic N) is 1. The number of carboxylic acid groups (broad SMARTS) is 1. The molecule has 1 saturated heterocycles. The number of carboxylic acids is 1. The van der Waals surface area contributed by atoms with Crippen LogP contribution in [0.2, 0.25) is 0 Å². The molecule has 0 aromatic heterocycles. The second-order valence-electron chi connectivity index (χ2n) is 6.29. The average Bonchev–Trinajstić information content (AvgIpc) is 2.77. The second-order valence-corrected chi connectivity index (χ2v) is 6.29. The van der Waals surface area contributed by atoms with Crippen molar-refractivity contribution in [3.63, 3.8) is 0 Å². The van der Waals surface area contributed by atoms with Crippen LogP contribution in [0.1, 0.15) is 19.3 Å². The van der Waals surface area contributed by atoms with Gasteiger partial charge in [-0.1, -0.05) is 12.2 Å². The first kappa shape index (κ1) is 16.0. The molecule has 2 unspecified atom stereocenters. The molecule has 1 amide bonds. The summed E-state index contributed by atoms with van der Waals surface area (Å²) < 4.78 is 0. The van der Waals surface area contributed by atoms with Gasteiger partial charge in [0.15, 0.2) is 0 Å². The van der Waals surface area contributed by atoms with E-state index in [2.05, 4.69) is 0 Å². The molecule has 0 radical (unpaired) electrons. The summed E-state index contributed by atoms with van der Waals surface area (Å²) >= 11 is 0. The van der Waals surface area contributed by atoms with Crippen molar-refractivity contribution in [2.45, 2.75) is 31.4 Å². The van der Waals surface area contributed by atoms with Crippen molar-refractivity contribution in [3.8, 4) is 0 Å². The molecule has 6 nitrogen and oxygen atoms in total. The van der Waals surface area contributed by atoms with E-state index in [9.17, 15) is 19.8 Å². The van der Waals surface area contributed by atoms with Crippen molar-refractivity contribution in [1.82, 2.24) is 9.80 Å². The molecule has 0 aromatic rings. The van der Waals surface area contributed by atoms with E-state index < -0.39 is 23.9 Å². The molecule has 0 aromatic carbocycles. The van der Waals surface area contributed by atoms with Crippen LogP contribution in [-0.2, 0) is 9.59 Å². The maximum absolute atomic E-state index is 12.8. The summed E-state index contributed by atoms with van der Waals surface area (Å²) in [6.07, 6.45) is 4.64. The van der Waals surface area contributed by atoms with Gasteiger partial charge >= 0.3 is 5.97 Å². The fourth-order valence-corrected chi connectivity index (χ4v) is 3.33. The van der Waals surface area contributed by atoms with E-state index in [1.54, 1.807) is 4.90 Å². The largest absolute Gasteiger partial charge is 0.481 e. The Morgan fingerprint density at radius 2 is 1.86 bits per heavy atom. The molecular formula is C15H24N2O4. The lowest BCUT2D eigenvalue weighted by atomic mass is 9.82. The Balaban J connectivity index is 2.13. The highest BCUT2D eigenvalue weighted by Crippen LogP contribution is 2.30. The molecule has 1 fully saturated rings. The van der Waals surface area contributed by atoms with Crippen LogP contribution in [0.3, 0.4) is 0 Å². The van der Waals surface area contributed by atoms with Gasteiger partial charge in [0, 0.05) is 19.1 Å². The third kappa shape index (κ3) is 3.63. The Morgan fingerprint density at radius 1 is 1.24 bits per heavy atom. The summed E-state index contributed by atoms with van der Waals surface area (Å²) in [7, 11) is 3.85. The molecule has 4 atom stereocenters. The van der Waals surface area contributed by atoms with Crippen LogP contribution < -0.4 is 0 Å². The molecule has 1 aliphatic heterocycles. The van der Waals surface area contributed by atoms with E-state index in [0.717, 1.165) is 0 Å². The monoisotopic (exact) mass is 296 g/mol. The number of hydrogen-bond acceptors (Lipinski definition) is 4. The highest BCUT2D eigenvalue weighted by atomic mass is 16.4. The summed E-state index contributed by atoms with van der Waals surface area (Å²) in [6.45, 7) is 0.993. The van der Waals surface area contributed by atoms with Crippen LogP contribution in [0.5, 0.6) is 0 Å². The van der Waals surface area contributed by atoms with E-state index in [1.165, 1.54) is 0 Å². The van der Waals surface area contributed by atoms with Crippen molar-refractivity contribution in [3.05, 3.63) is 12.2 Å². The van der Waals surface area contributed by atoms with Crippen LogP contribution in [0.4, 0.5) is 0 Å². The minimum atomic E-state index is -0.915. The molecule has 2 rings (SSSR count). The van der Waals surface area contributed by atoms with Gasteiger partial charge in [0.05, 0.1) is 17.9 Å². The van der Waals surface area contributed by atoms with Gasteiger partial charge in [-0.25, -0.2) is 0 Å². The number of rotatable bonds is 4. The number of amides is 1. The second kappa shape index (κ2) is 6.58. The molecule has 0 saturated carbocycles.